The number of rotatable bonds is 6. The van der Waals surface area contributed by atoms with Crippen molar-refractivity contribution in [1.82, 2.24) is 5.32 Å². The van der Waals surface area contributed by atoms with Crippen LogP contribution in [0.4, 0.5) is 4.79 Å². The van der Waals surface area contributed by atoms with Gasteiger partial charge in [-0.3, -0.25) is 19.4 Å². The van der Waals surface area contributed by atoms with E-state index in [-0.39, 0.29) is 36.5 Å². The number of ketones is 1. The molecule has 2 bridgehead atoms. The Kier molecular flexibility index (Phi) is 8.12. The molecule has 0 aromatic heterocycles. The van der Waals surface area contributed by atoms with Gasteiger partial charge in [0.1, 0.15) is 18.0 Å². The van der Waals surface area contributed by atoms with E-state index < -0.39 is 60.3 Å². The highest BCUT2D eigenvalue weighted by molar-refractivity contribution is 7.46. The first-order valence-corrected chi connectivity index (χ1v) is 14.9. The number of hydrogen-bond acceptors (Lipinski definition) is 8. The zero-order chi connectivity index (χ0) is 29.7. The third kappa shape index (κ3) is 5.37. The molecule has 40 heavy (non-hydrogen) atoms. The van der Waals surface area contributed by atoms with Crippen LogP contribution in [0.3, 0.4) is 0 Å². The van der Waals surface area contributed by atoms with Crippen molar-refractivity contribution >= 4 is 25.6 Å². The van der Waals surface area contributed by atoms with Crippen LogP contribution in [0.1, 0.15) is 63.2 Å². The Morgan fingerprint density at radius 2 is 1.77 bits per heavy atom. The van der Waals surface area contributed by atoms with E-state index in [1.165, 1.54) is 25.3 Å². The van der Waals surface area contributed by atoms with Crippen LogP contribution >= 0.6 is 7.82 Å². The van der Waals surface area contributed by atoms with Gasteiger partial charge in [-0.05, 0) is 67.7 Å². The first kappa shape index (κ1) is 30.4. The molecular weight excluding hydrogens is 541 g/mol. The van der Waals surface area contributed by atoms with Gasteiger partial charge in [-0.15, -0.1) is 6.58 Å². The summed E-state index contributed by atoms with van der Waals surface area (Å²) >= 11 is 0. The van der Waals surface area contributed by atoms with E-state index in [0.717, 1.165) is 0 Å². The van der Waals surface area contributed by atoms with Gasteiger partial charge in [-0.2, -0.15) is 0 Å². The van der Waals surface area contributed by atoms with Crippen molar-refractivity contribution in [2.45, 2.75) is 71.2 Å². The molecule has 8 atom stereocenters. The van der Waals surface area contributed by atoms with Crippen molar-refractivity contribution in [3.8, 4) is 5.75 Å². The highest BCUT2D eigenvalue weighted by Crippen LogP contribution is 2.67. The van der Waals surface area contributed by atoms with E-state index >= 15 is 0 Å². The summed E-state index contributed by atoms with van der Waals surface area (Å²) in [6, 6.07) is 6.14. The number of Topliss-reactive ketones (excluding diaryl/α,β-unsaturated/α-hetero) is 1. The summed E-state index contributed by atoms with van der Waals surface area (Å²) in [7, 11) is -3.48. The number of carbonyl (C=O) groups is 3. The van der Waals surface area contributed by atoms with Crippen molar-refractivity contribution in [2.75, 3.05) is 7.11 Å². The van der Waals surface area contributed by atoms with Crippen LogP contribution < -0.4 is 10.1 Å². The van der Waals surface area contributed by atoms with E-state index in [2.05, 4.69) is 11.9 Å². The quantitative estimate of drug-likeness (QED) is 0.288. The summed E-state index contributed by atoms with van der Waals surface area (Å²) in [5.41, 5.74) is -2.69. The summed E-state index contributed by atoms with van der Waals surface area (Å²) < 4.78 is 28.4. The Morgan fingerprint density at radius 1 is 1.12 bits per heavy atom. The third-order valence-corrected chi connectivity index (χ3v) is 10.3. The van der Waals surface area contributed by atoms with Crippen LogP contribution in [-0.2, 0) is 18.6 Å². The summed E-state index contributed by atoms with van der Waals surface area (Å²) in [5, 5.41) is 13.0. The molecule has 0 heterocycles. The highest BCUT2D eigenvalue weighted by atomic mass is 31.2. The first-order chi connectivity index (χ1) is 18.6. The minimum atomic E-state index is -4.97. The second-order valence-corrected chi connectivity index (χ2v) is 13.2. The van der Waals surface area contributed by atoms with E-state index in [9.17, 15) is 33.8 Å². The molecule has 0 saturated heterocycles. The molecule has 4 N–H and O–H groups in total. The highest BCUT2D eigenvalue weighted by Gasteiger charge is 2.68. The lowest BCUT2D eigenvalue weighted by Crippen LogP contribution is -2.61. The predicted molar refractivity (Wildman–Crippen MR) is 143 cm³/mol. The fourth-order valence-electron chi connectivity index (χ4n) is 7.34. The molecule has 2 amide bonds. The van der Waals surface area contributed by atoms with Gasteiger partial charge in [0.25, 0.3) is 5.91 Å². The van der Waals surface area contributed by atoms with Crippen LogP contribution in [0.2, 0.25) is 0 Å². The molecule has 3 aliphatic rings. The average molecular weight is 580 g/mol. The van der Waals surface area contributed by atoms with Crippen LogP contribution in [0.15, 0.2) is 36.9 Å². The molecule has 1 aromatic rings. The molecule has 0 radical (unpaired) electrons. The van der Waals surface area contributed by atoms with Gasteiger partial charge in [0.05, 0.1) is 13.2 Å². The van der Waals surface area contributed by atoms with Crippen molar-refractivity contribution in [3.63, 3.8) is 0 Å². The summed E-state index contributed by atoms with van der Waals surface area (Å²) in [6.45, 7) is 9.45. The number of ether oxygens (including phenoxy) is 2. The summed E-state index contributed by atoms with van der Waals surface area (Å²) in [4.78, 5) is 59.0. The minimum absolute atomic E-state index is 0.0160. The van der Waals surface area contributed by atoms with Gasteiger partial charge in [-0.1, -0.05) is 26.8 Å². The maximum Gasteiger partial charge on any atom is 0.469 e. The molecule has 0 aliphatic heterocycles. The fraction of sp³-hybridized carbons (Fsp3) is 0.607. The van der Waals surface area contributed by atoms with Crippen molar-refractivity contribution < 1.29 is 47.8 Å². The van der Waals surface area contributed by atoms with Gasteiger partial charge in [0.15, 0.2) is 5.78 Å². The van der Waals surface area contributed by atoms with E-state index in [1.807, 2.05) is 13.8 Å². The van der Waals surface area contributed by atoms with Gasteiger partial charge in [0.2, 0.25) is 0 Å². The monoisotopic (exact) mass is 579 g/mol. The van der Waals surface area contributed by atoms with E-state index in [1.54, 1.807) is 19.1 Å². The largest absolute Gasteiger partial charge is 0.497 e. The van der Waals surface area contributed by atoms with Crippen molar-refractivity contribution in [3.05, 3.63) is 42.5 Å². The van der Waals surface area contributed by atoms with Gasteiger partial charge in [0, 0.05) is 22.3 Å². The lowest BCUT2D eigenvalue weighted by atomic mass is 9.46. The Hall–Kier alpha value is -2.56. The second-order valence-electron chi connectivity index (χ2n) is 12.0. The topological polar surface area (TPSA) is 169 Å². The molecule has 220 valence electrons. The zero-order valence-corrected chi connectivity index (χ0v) is 24.1. The second kappa shape index (κ2) is 10.7. The fourth-order valence-corrected chi connectivity index (χ4v) is 7.99. The molecule has 11 nitrogen and oxygen atoms in total. The number of amides is 2. The number of phosphoric acid groups is 1. The number of hydrogen-bond donors (Lipinski definition) is 4. The predicted octanol–water partition coefficient (Wildman–Crippen LogP) is 3.77. The molecule has 3 fully saturated rings. The molecule has 1 unspecified atom stereocenters. The standard InChI is InChI=1S/C28H38NO10P/c1-6-26(3)14-21(38-25(33)29-24(32)17-7-9-18(37-5)10-8-17)27(4)16(2)11-12-28(13-19(30)22(31)23(27)28)15-20(26)39-40(34,35)36/h6-10,16,19-21,23,30H,1,11-15H2,2-5H3,(H,29,32,33)(H2,34,35,36)/t16-,19+,20+,21-,23+,26-,27+,28?/m1/s1. The number of aliphatic hydroxyl groups excluding tert-OH is 1. The Labute approximate surface area is 233 Å². The van der Waals surface area contributed by atoms with E-state index in [4.69, 9.17) is 14.0 Å². The maximum absolute atomic E-state index is 13.5. The molecule has 12 heteroatoms. The normalized spacial score (nSPS) is 37.5. The molecule has 3 saturated carbocycles. The average Bonchev–Trinajstić information content (AvgIpc) is 3.14. The number of aliphatic hydroxyl groups is 1. The third-order valence-electron chi connectivity index (χ3n) is 9.78. The smallest absolute Gasteiger partial charge is 0.469 e. The van der Waals surface area contributed by atoms with E-state index in [0.29, 0.717) is 18.6 Å². The number of methoxy groups -OCH3 is 1. The van der Waals surface area contributed by atoms with Crippen LogP contribution in [-0.4, -0.2) is 58.1 Å². The Balaban J connectivity index is 1.73. The molecular formula is C28H38NO10P. The van der Waals surface area contributed by atoms with Crippen molar-refractivity contribution in [1.29, 1.82) is 0 Å². The molecule has 4 rings (SSSR count). The number of benzene rings is 1. The maximum atomic E-state index is 13.5. The van der Waals surface area contributed by atoms with Crippen molar-refractivity contribution in [2.24, 2.45) is 28.1 Å². The molecule has 1 aromatic carbocycles. The first-order valence-electron chi connectivity index (χ1n) is 13.3. The van der Waals surface area contributed by atoms with Crippen LogP contribution in [0.5, 0.6) is 5.75 Å². The number of alkyl carbamates (subject to hydrolysis) is 1. The zero-order valence-electron chi connectivity index (χ0n) is 23.2. The Bertz CT molecular complexity index is 1230. The lowest BCUT2D eigenvalue weighted by Gasteiger charge is -2.59. The van der Waals surface area contributed by atoms with Gasteiger partial charge >= 0.3 is 13.9 Å². The number of carbonyl (C=O) groups excluding carboxylic acids is 3. The number of phosphoric ester groups is 1. The van der Waals surface area contributed by atoms with Crippen LogP contribution in [0, 0.1) is 28.1 Å². The van der Waals surface area contributed by atoms with Gasteiger partial charge < -0.3 is 24.4 Å². The molecule has 3 aliphatic carbocycles. The number of imide groups is 1. The summed E-state index contributed by atoms with van der Waals surface area (Å²) in [5.74, 6) is -1.42. The number of nitrogens with one attached hydrogen (secondary N) is 1. The van der Waals surface area contributed by atoms with Crippen LogP contribution in [0.25, 0.3) is 0 Å². The molecule has 0 spiro atoms. The summed E-state index contributed by atoms with van der Waals surface area (Å²) in [6.07, 6.45) is -1.43. The van der Waals surface area contributed by atoms with Gasteiger partial charge in [-0.25, -0.2) is 9.36 Å². The lowest BCUT2D eigenvalue weighted by molar-refractivity contribution is -0.172. The Morgan fingerprint density at radius 3 is 2.35 bits per heavy atom. The SMILES string of the molecule is C=C[C@]1(C)C[C@@H](OC(=O)NC(=O)c2ccc(OC)cc2)[C@]2(C)[C@H](C)CCC3(C[C@@H]1OP(=O)(O)O)C[C@H](O)C(=O)[C@H]32. The minimum Gasteiger partial charge on any atom is -0.497 e.